The van der Waals surface area contributed by atoms with E-state index in [1.165, 1.54) is 0 Å². The summed E-state index contributed by atoms with van der Waals surface area (Å²) in [6.07, 6.45) is -0.761. The fourth-order valence-corrected chi connectivity index (χ4v) is 3.59. The van der Waals surface area contributed by atoms with E-state index in [9.17, 15) is 8.42 Å². The summed E-state index contributed by atoms with van der Waals surface area (Å²) >= 11 is 0. The number of azide groups is 1. The van der Waals surface area contributed by atoms with Gasteiger partial charge in [0.2, 0.25) is 0 Å². The highest BCUT2D eigenvalue weighted by atomic mass is 32.3. The van der Waals surface area contributed by atoms with Crippen LogP contribution >= 0.6 is 0 Å². The van der Waals surface area contributed by atoms with Crippen molar-refractivity contribution in [1.29, 1.82) is 0 Å². The van der Waals surface area contributed by atoms with Crippen LogP contribution in [0.2, 0.25) is 0 Å². The molecule has 0 N–H and O–H groups in total. The van der Waals surface area contributed by atoms with Crippen molar-refractivity contribution in [3.05, 3.63) is 40.3 Å². The molecule has 5 atom stereocenters. The SMILES string of the molecule is Cc1ccc(OS(=O)(=O)OCC2O[C@@H](C)C(N=[N+]=[N-])[C@@H](C)[C@@H]2C)cc1. The first kappa shape index (κ1) is 19.5. The smallest absolute Gasteiger partial charge is 0.372 e. The molecule has 0 bridgehead atoms. The minimum absolute atomic E-state index is 0.0361. The maximum absolute atomic E-state index is 12.0. The second-order valence-electron chi connectivity index (χ2n) is 6.38. The fourth-order valence-electron chi connectivity index (χ4n) is 2.89. The highest BCUT2D eigenvalue weighted by Gasteiger charge is 2.39. The van der Waals surface area contributed by atoms with E-state index in [1.807, 2.05) is 20.8 Å². The zero-order valence-corrected chi connectivity index (χ0v) is 15.5. The van der Waals surface area contributed by atoms with Crippen molar-refractivity contribution in [3.8, 4) is 5.75 Å². The Kier molecular flexibility index (Phi) is 6.29. The molecule has 1 aliphatic rings. The molecule has 2 unspecified atom stereocenters. The van der Waals surface area contributed by atoms with Crippen LogP contribution in [0.4, 0.5) is 0 Å². The lowest BCUT2D eigenvalue weighted by Gasteiger charge is -2.41. The normalized spacial score (nSPS) is 29.7. The molecule has 0 radical (unpaired) electrons. The molecule has 1 saturated heterocycles. The second-order valence-corrected chi connectivity index (χ2v) is 7.60. The Bertz CT molecular complexity index is 731. The van der Waals surface area contributed by atoms with Gasteiger partial charge in [0.1, 0.15) is 5.75 Å². The van der Waals surface area contributed by atoms with Crippen LogP contribution in [0, 0.1) is 18.8 Å². The minimum atomic E-state index is -4.19. The van der Waals surface area contributed by atoms with Crippen LogP contribution in [-0.2, 0) is 19.3 Å². The average Bonchev–Trinajstić information content (AvgIpc) is 2.55. The number of aryl methyl sites for hydroxylation is 1. The van der Waals surface area contributed by atoms with E-state index >= 15 is 0 Å². The Labute approximate surface area is 148 Å². The Morgan fingerprint density at radius 2 is 1.84 bits per heavy atom. The summed E-state index contributed by atoms with van der Waals surface area (Å²) in [4.78, 5) is 2.86. The lowest BCUT2D eigenvalue weighted by atomic mass is 9.81. The monoisotopic (exact) mass is 369 g/mol. The highest BCUT2D eigenvalue weighted by molar-refractivity contribution is 7.82. The summed E-state index contributed by atoms with van der Waals surface area (Å²) in [5.41, 5.74) is 9.65. The molecule has 0 amide bonds. The molecular weight excluding hydrogens is 346 g/mol. The summed E-state index contributed by atoms with van der Waals surface area (Å²) in [5.74, 6) is 0.184. The van der Waals surface area contributed by atoms with Gasteiger partial charge in [-0.2, -0.15) is 8.42 Å². The van der Waals surface area contributed by atoms with Gasteiger partial charge in [-0.15, -0.1) is 0 Å². The largest absolute Gasteiger partial charge is 0.449 e. The maximum Gasteiger partial charge on any atom is 0.449 e. The van der Waals surface area contributed by atoms with E-state index in [4.69, 9.17) is 18.6 Å². The van der Waals surface area contributed by atoms with Crippen molar-refractivity contribution in [3.63, 3.8) is 0 Å². The van der Waals surface area contributed by atoms with Crippen molar-refractivity contribution in [1.82, 2.24) is 0 Å². The van der Waals surface area contributed by atoms with Crippen LogP contribution in [0.5, 0.6) is 5.75 Å². The highest BCUT2D eigenvalue weighted by Crippen LogP contribution is 2.33. The van der Waals surface area contributed by atoms with Crippen molar-refractivity contribution >= 4 is 10.4 Å². The van der Waals surface area contributed by atoms with Crippen molar-refractivity contribution in [2.75, 3.05) is 6.61 Å². The predicted octanol–water partition coefficient (Wildman–Crippen LogP) is 3.37. The first-order valence-electron chi connectivity index (χ1n) is 8.08. The molecule has 138 valence electrons. The molecule has 0 aliphatic carbocycles. The molecule has 0 saturated carbocycles. The molecule has 1 heterocycles. The maximum atomic E-state index is 12.0. The molecule has 9 heteroatoms. The second kappa shape index (κ2) is 8.05. The number of ether oxygens (including phenoxy) is 1. The van der Waals surface area contributed by atoms with Crippen LogP contribution in [-0.4, -0.2) is 33.3 Å². The fraction of sp³-hybridized carbons (Fsp3) is 0.625. The molecular formula is C16H23N3O5S. The number of nitrogens with zero attached hydrogens (tertiary/aromatic N) is 3. The minimum Gasteiger partial charge on any atom is -0.372 e. The average molecular weight is 369 g/mol. The van der Waals surface area contributed by atoms with Crippen LogP contribution in [0.15, 0.2) is 29.4 Å². The third-order valence-corrected chi connectivity index (χ3v) is 5.43. The zero-order valence-electron chi connectivity index (χ0n) is 14.7. The third-order valence-electron chi connectivity index (χ3n) is 4.61. The summed E-state index contributed by atoms with van der Waals surface area (Å²) in [6, 6.07) is 6.32. The summed E-state index contributed by atoms with van der Waals surface area (Å²) in [7, 11) is -4.19. The van der Waals surface area contributed by atoms with E-state index < -0.39 is 16.5 Å². The predicted molar refractivity (Wildman–Crippen MR) is 92.3 cm³/mol. The number of benzene rings is 1. The molecule has 8 nitrogen and oxygen atoms in total. The summed E-state index contributed by atoms with van der Waals surface area (Å²) < 4.78 is 39.7. The van der Waals surface area contributed by atoms with Crippen LogP contribution in [0.1, 0.15) is 26.3 Å². The molecule has 1 aromatic rings. The first-order chi connectivity index (χ1) is 11.7. The van der Waals surface area contributed by atoms with Gasteiger partial charge >= 0.3 is 10.4 Å². The van der Waals surface area contributed by atoms with E-state index in [2.05, 4.69) is 10.0 Å². The van der Waals surface area contributed by atoms with E-state index in [1.54, 1.807) is 31.2 Å². The van der Waals surface area contributed by atoms with Gasteiger partial charge in [0.25, 0.3) is 0 Å². The van der Waals surface area contributed by atoms with Gasteiger partial charge in [-0.25, -0.2) is 4.18 Å². The van der Waals surface area contributed by atoms with Crippen molar-refractivity contribution < 1.29 is 21.5 Å². The van der Waals surface area contributed by atoms with Crippen LogP contribution in [0.3, 0.4) is 0 Å². The summed E-state index contributed by atoms with van der Waals surface area (Å²) in [6.45, 7) is 7.40. The number of hydrogen-bond donors (Lipinski definition) is 0. The van der Waals surface area contributed by atoms with Gasteiger partial charge in [-0.05, 0) is 43.3 Å². The van der Waals surface area contributed by atoms with Gasteiger partial charge in [-0.1, -0.05) is 36.7 Å². The van der Waals surface area contributed by atoms with E-state index in [0.717, 1.165) is 5.56 Å². The Morgan fingerprint density at radius 3 is 2.44 bits per heavy atom. The Hall–Kier alpha value is -1.80. The number of hydrogen-bond acceptors (Lipinski definition) is 6. The molecule has 0 aromatic heterocycles. The van der Waals surface area contributed by atoms with E-state index in [-0.39, 0.29) is 36.3 Å². The van der Waals surface area contributed by atoms with Gasteiger partial charge in [-0.3, -0.25) is 0 Å². The zero-order chi connectivity index (χ0) is 18.6. The van der Waals surface area contributed by atoms with Crippen LogP contribution < -0.4 is 4.18 Å². The molecule has 2 rings (SSSR count). The quantitative estimate of drug-likeness (QED) is 0.433. The third kappa shape index (κ3) is 5.09. The topological polar surface area (TPSA) is 111 Å². The Morgan fingerprint density at radius 1 is 1.20 bits per heavy atom. The lowest BCUT2D eigenvalue weighted by Crippen LogP contribution is -2.48. The van der Waals surface area contributed by atoms with E-state index in [0.29, 0.717) is 0 Å². The Balaban J connectivity index is 1.97. The molecule has 0 spiro atoms. The lowest BCUT2D eigenvalue weighted by molar-refractivity contribution is -0.118. The van der Waals surface area contributed by atoms with Crippen molar-refractivity contribution in [2.24, 2.45) is 17.0 Å². The van der Waals surface area contributed by atoms with Crippen LogP contribution in [0.25, 0.3) is 10.4 Å². The number of rotatable bonds is 6. The standard InChI is InChI=1S/C16H23N3O5S/c1-10-5-7-14(8-6-10)24-25(20,21)22-9-15-11(2)12(3)16(18-19-17)13(4)23-15/h5-8,11-13,15-16H,9H2,1-4H3/t11-,12-,13-,15?,16?/m0/s1. The van der Waals surface area contributed by atoms with Gasteiger partial charge in [0, 0.05) is 4.91 Å². The van der Waals surface area contributed by atoms with Gasteiger partial charge in [0.05, 0.1) is 24.9 Å². The molecule has 1 aromatic carbocycles. The van der Waals surface area contributed by atoms with Crippen molar-refractivity contribution in [2.45, 2.75) is 45.9 Å². The molecule has 1 aliphatic heterocycles. The molecule has 25 heavy (non-hydrogen) atoms. The first-order valence-corrected chi connectivity index (χ1v) is 9.42. The van der Waals surface area contributed by atoms with Gasteiger partial charge < -0.3 is 8.92 Å². The summed E-state index contributed by atoms with van der Waals surface area (Å²) in [5, 5.41) is 3.77. The van der Waals surface area contributed by atoms with Gasteiger partial charge in [0.15, 0.2) is 0 Å². The molecule has 1 fully saturated rings.